The quantitative estimate of drug-likeness (QED) is 0.596. The Bertz CT molecular complexity index is 175. The van der Waals surface area contributed by atoms with Crippen LogP contribution in [0.3, 0.4) is 0 Å². The Kier molecular flexibility index (Phi) is 1.68. The average molecular weight is 195 g/mol. The second-order valence-corrected chi connectivity index (χ2v) is 3.83. The first-order valence-electron chi connectivity index (χ1n) is 2.11. The van der Waals surface area contributed by atoms with Crippen LogP contribution < -0.4 is 0 Å². The summed E-state index contributed by atoms with van der Waals surface area (Å²) in [6.07, 6.45) is 0. The maximum Gasteiger partial charge on any atom is 0.177 e. The molecule has 1 aromatic rings. The van der Waals surface area contributed by atoms with Crippen LogP contribution in [0.4, 0.5) is 4.39 Å². The van der Waals surface area contributed by atoms with Crippen molar-refractivity contribution in [3.63, 3.8) is 0 Å². The number of thiophene rings is 1. The van der Waals surface area contributed by atoms with Crippen molar-refractivity contribution >= 4 is 27.3 Å². The topological polar surface area (TPSA) is 0 Å². The van der Waals surface area contributed by atoms with Gasteiger partial charge in [-0.15, -0.1) is 0 Å². The molecule has 44 valence electrons. The highest BCUT2D eigenvalue weighted by atomic mass is 79.9. The van der Waals surface area contributed by atoms with Gasteiger partial charge in [-0.2, -0.15) is 4.39 Å². The van der Waals surface area contributed by atoms with Gasteiger partial charge in [0.1, 0.15) is 0 Å². The second-order valence-electron chi connectivity index (χ2n) is 1.51. The number of rotatable bonds is 0. The normalized spacial score (nSPS) is 9.88. The average Bonchev–Trinajstić information content (AvgIpc) is 1.85. The molecule has 0 saturated carbocycles. The van der Waals surface area contributed by atoms with Gasteiger partial charge in [-0.3, -0.25) is 0 Å². The molecule has 0 aromatic carbocycles. The summed E-state index contributed by atoms with van der Waals surface area (Å²) in [6, 6.07) is 1.51. The zero-order valence-corrected chi connectivity index (χ0v) is 6.64. The first-order valence-corrected chi connectivity index (χ1v) is 3.72. The fraction of sp³-hybridized carbons (Fsp3) is 0.200. The summed E-state index contributed by atoms with van der Waals surface area (Å²) in [5.41, 5.74) is 0.965. The maximum absolute atomic E-state index is 12.2. The Labute approximate surface area is 59.5 Å². The van der Waals surface area contributed by atoms with Crippen LogP contribution in [0, 0.1) is 12.1 Å². The summed E-state index contributed by atoms with van der Waals surface area (Å²) in [5.74, 6) is 0. The Morgan fingerprint density at radius 1 is 1.75 bits per heavy atom. The fourth-order valence-corrected chi connectivity index (χ4v) is 1.63. The molecule has 8 heavy (non-hydrogen) atoms. The van der Waals surface area contributed by atoms with E-state index in [-0.39, 0.29) is 5.13 Å². The van der Waals surface area contributed by atoms with Crippen molar-refractivity contribution in [2.24, 2.45) is 0 Å². The van der Waals surface area contributed by atoms with E-state index in [1.807, 2.05) is 6.92 Å². The van der Waals surface area contributed by atoms with Gasteiger partial charge in [0.2, 0.25) is 0 Å². The Morgan fingerprint density at radius 3 is 2.50 bits per heavy atom. The van der Waals surface area contributed by atoms with Gasteiger partial charge in [0.15, 0.2) is 5.13 Å². The lowest BCUT2D eigenvalue weighted by atomic mass is 10.4. The number of hydrogen-bond acceptors (Lipinski definition) is 1. The smallest absolute Gasteiger partial charge is 0.177 e. The molecule has 0 aliphatic heterocycles. The van der Waals surface area contributed by atoms with Crippen LogP contribution in [0.15, 0.2) is 9.85 Å². The minimum Gasteiger partial charge on any atom is -0.195 e. The molecule has 1 rings (SSSR count). The molecular weight excluding hydrogens is 191 g/mol. The predicted octanol–water partition coefficient (Wildman–Crippen LogP) is 2.96. The third-order valence-electron chi connectivity index (χ3n) is 0.827. The largest absolute Gasteiger partial charge is 0.195 e. The highest BCUT2D eigenvalue weighted by Crippen LogP contribution is 2.25. The van der Waals surface area contributed by atoms with E-state index < -0.39 is 0 Å². The lowest BCUT2D eigenvalue weighted by Crippen LogP contribution is -1.57. The van der Waals surface area contributed by atoms with Crippen molar-refractivity contribution in [1.82, 2.24) is 0 Å². The second kappa shape index (κ2) is 2.15. The van der Waals surface area contributed by atoms with E-state index in [1.54, 1.807) is 0 Å². The minimum atomic E-state index is -0.130. The molecule has 3 heteroatoms. The molecule has 0 amide bonds. The van der Waals surface area contributed by atoms with E-state index in [0.29, 0.717) is 0 Å². The van der Waals surface area contributed by atoms with E-state index in [4.69, 9.17) is 0 Å². The van der Waals surface area contributed by atoms with Gasteiger partial charge < -0.3 is 0 Å². The molecule has 0 N–H and O–H groups in total. The maximum atomic E-state index is 12.2. The molecule has 0 saturated heterocycles. The van der Waals surface area contributed by atoms with Crippen LogP contribution in [-0.4, -0.2) is 0 Å². The van der Waals surface area contributed by atoms with Gasteiger partial charge in [-0.05, 0) is 34.5 Å². The van der Waals surface area contributed by atoms with Gasteiger partial charge in [0.05, 0.1) is 3.79 Å². The predicted molar refractivity (Wildman–Crippen MR) is 36.7 cm³/mol. The molecule has 0 aliphatic rings. The van der Waals surface area contributed by atoms with Gasteiger partial charge in [-0.1, -0.05) is 11.3 Å². The van der Waals surface area contributed by atoms with Crippen molar-refractivity contribution in [1.29, 1.82) is 0 Å². The van der Waals surface area contributed by atoms with Crippen molar-refractivity contribution in [3.8, 4) is 0 Å². The van der Waals surface area contributed by atoms with Crippen LogP contribution in [-0.2, 0) is 0 Å². The third kappa shape index (κ3) is 1.09. The van der Waals surface area contributed by atoms with Crippen molar-refractivity contribution in [2.45, 2.75) is 6.92 Å². The summed E-state index contributed by atoms with van der Waals surface area (Å²) >= 11 is 4.31. The Morgan fingerprint density at radius 2 is 2.38 bits per heavy atom. The van der Waals surface area contributed by atoms with E-state index in [9.17, 15) is 4.39 Å². The van der Waals surface area contributed by atoms with Crippen LogP contribution in [0.25, 0.3) is 0 Å². The molecule has 0 atom stereocenters. The molecule has 0 aliphatic carbocycles. The standard InChI is InChI=1S/C5H4BrFS/c1-3-2-4(7)8-5(3)6/h2H,1H3. The number of halogens is 2. The molecular formula is C5H4BrFS. The molecule has 1 heterocycles. The Hall–Kier alpha value is 0.110. The number of aryl methyl sites for hydroxylation is 1. The van der Waals surface area contributed by atoms with Crippen molar-refractivity contribution in [3.05, 3.63) is 20.5 Å². The van der Waals surface area contributed by atoms with Crippen LogP contribution in [0.5, 0.6) is 0 Å². The van der Waals surface area contributed by atoms with E-state index >= 15 is 0 Å². The van der Waals surface area contributed by atoms with Gasteiger partial charge in [0, 0.05) is 0 Å². The molecule has 1 aromatic heterocycles. The summed E-state index contributed by atoms with van der Waals surface area (Å²) < 4.78 is 13.1. The third-order valence-corrected chi connectivity index (χ3v) is 2.75. The zero-order valence-electron chi connectivity index (χ0n) is 4.24. The van der Waals surface area contributed by atoms with Crippen molar-refractivity contribution in [2.75, 3.05) is 0 Å². The van der Waals surface area contributed by atoms with E-state index in [1.165, 1.54) is 6.07 Å². The van der Waals surface area contributed by atoms with Crippen molar-refractivity contribution < 1.29 is 4.39 Å². The molecule has 0 nitrogen and oxygen atoms in total. The first-order chi connectivity index (χ1) is 3.70. The molecule has 0 spiro atoms. The molecule has 0 fully saturated rings. The number of hydrogen-bond donors (Lipinski definition) is 0. The molecule has 0 bridgehead atoms. The van der Waals surface area contributed by atoms with Crippen LogP contribution in [0.1, 0.15) is 5.56 Å². The highest BCUT2D eigenvalue weighted by Gasteiger charge is 1.98. The summed E-state index contributed by atoms with van der Waals surface area (Å²) in [4.78, 5) is 0. The minimum absolute atomic E-state index is 0.130. The van der Waals surface area contributed by atoms with Crippen LogP contribution >= 0.6 is 27.3 Å². The highest BCUT2D eigenvalue weighted by molar-refractivity contribution is 9.11. The van der Waals surface area contributed by atoms with Crippen LogP contribution in [0.2, 0.25) is 0 Å². The zero-order chi connectivity index (χ0) is 6.15. The molecule has 0 unspecified atom stereocenters. The SMILES string of the molecule is Cc1cc(F)sc1Br. The fourth-order valence-electron chi connectivity index (χ4n) is 0.423. The monoisotopic (exact) mass is 194 g/mol. The first kappa shape index (κ1) is 6.23. The Balaban J connectivity index is 3.14. The van der Waals surface area contributed by atoms with Gasteiger partial charge in [-0.25, -0.2) is 0 Å². The summed E-state index contributed by atoms with van der Waals surface area (Å²) in [7, 11) is 0. The van der Waals surface area contributed by atoms with E-state index in [0.717, 1.165) is 20.7 Å². The summed E-state index contributed by atoms with van der Waals surface area (Å²) in [5, 5.41) is -0.130. The lowest BCUT2D eigenvalue weighted by Gasteiger charge is -1.76. The van der Waals surface area contributed by atoms with E-state index in [2.05, 4.69) is 15.9 Å². The lowest BCUT2D eigenvalue weighted by molar-refractivity contribution is 0.656. The van der Waals surface area contributed by atoms with Gasteiger partial charge in [0.25, 0.3) is 0 Å². The summed E-state index contributed by atoms with van der Waals surface area (Å²) in [6.45, 7) is 1.86. The molecule has 0 radical (unpaired) electrons. The van der Waals surface area contributed by atoms with Gasteiger partial charge >= 0.3 is 0 Å².